The van der Waals surface area contributed by atoms with Crippen LogP contribution in [0.2, 0.25) is 0 Å². The Balaban J connectivity index is 3.26. The van der Waals surface area contributed by atoms with Crippen molar-refractivity contribution in [2.75, 3.05) is 0 Å². The zero-order chi connectivity index (χ0) is 24.8. The fourth-order valence-corrected chi connectivity index (χ4v) is 5.31. The third-order valence-corrected chi connectivity index (χ3v) is 7.80. The summed E-state index contributed by atoms with van der Waals surface area (Å²) in [5.74, 6) is 0.338. The molecule has 0 saturated carbocycles. The lowest BCUT2D eigenvalue weighted by Crippen LogP contribution is -2.02. The van der Waals surface area contributed by atoms with E-state index in [1.54, 1.807) is 0 Å². The Morgan fingerprint density at radius 1 is 0.353 bits per heavy atom. The number of carbonyl (C=O) groups excluding carboxylic acids is 1. The van der Waals surface area contributed by atoms with Gasteiger partial charge in [0, 0.05) is 5.92 Å². The number of hydrogen-bond acceptors (Lipinski definition) is 1. The molecule has 1 heteroatoms. The summed E-state index contributed by atoms with van der Waals surface area (Å²) >= 11 is 0. The molecule has 0 spiro atoms. The van der Waals surface area contributed by atoms with Crippen LogP contribution in [0.1, 0.15) is 200 Å². The van der Waals surface area contributed by atoms with Gasteiger partial charge in [-0.25, -0.2) is 0 Å². The molecule has 0 rings (SSSR count). The summed E-state index contributed by atoms with van der Waals surface area (Å²) in [4.78, 5) is 11.4. The Bertz CT molecular complexity index is 364. The highest BCUT2D eigenvalue weighted by molar-refractivity contribution is 5.53. The first-order valence-electron chi connectivity index (χ1n) is 16.3. The van der Waals surface area contributed by atoms with Gasteiger partial charge in [-0.3, -0.25) is 0 Å². The Kier molecular flexibility index (Phi) is 30.4. The van der Waals surface area contributed by atoms with Crippen molar-refractivity contribution < 1.29 is 4.79 Å². The maximum Gasteiger partial charge on any atom is 0.123 e. The van der Waals surface area contributed by atoms with Gasteiger partial charge >= 0.3 is 0 Å². The second-order valence-corrected chi connectivity index (χ2v) is 11.3. The fourth-order valence-electron chi connectivity index (χ4n) is 5.31. The minimum Gasteiger partial charge on any atom is -0.303 e. The number of aldehydes is 1. The van der Waals surface area contributed by atoms with Gasteiger partial charge in [0.05, 0.1) is 0 Å². The lowest BCUT2D eigenvalue weighted by molar-refractivity contribution is -0.111. The Morgan fingerprint density at radius 2 is 0.559 bits per heavy atom. The monoisotopic (exact) mass is 479 g/mol. The summed E-state index contributed by atoms with van der Waals surface area (Å²) < 4.78 is 0. The summed E-state index contributed by atoms with van der Waals surface area (Å²) in [6.45, 7) is 4.58. The minimum atomic E-state index is 0.338. The first kappa shape index (κ1) is 33.7. The Labute approximate surface area is 217 Å². The van der Waals surface area contributed by atoms with E-state index in [-0.39, 0.29) is 0 Å². The molecule has 0 aliphatic rings. The van der Waals surface area contributed by atoms with E-state index in [0.29, 0.717) is 5.92 Å². The van der Waals surface area contributed by atoms with Crippen LogP contribution in [-0.2, 0) is 4.79 Å². The highest BCUT2D eigenvalue weighted by atomic mass is 16.1. The van der Waals surface area contributed by atoms with Crippen molar-refractivity contribution in [3.63, 3.8) is 0 Å². The number of carbonyl (C=O) groups is 1. The highest BCUT2D eigenvalue weighted by Crippen LogP contribution is 2.19. The van der Waals surface area contributed by atoms with Crippen molar-refractivity contribution in [2.45, 2.75) is 200 Å². The first-order valence-corrected chi connectivity index (χ1v) is 16.3. The molecule has 0 aromatic heterocycles. The average molecular weight is 479 g/mol. The molecule has 0 aromatic rings. The van der Waals surface area contributed by atoms with Crippen LogP contribution in [0.5, 0.6) is 0 Å². The predicted octanol–water partition coefficient (Wildman–Crippen LogP) is 12.2. The van der Waals surface area contributed by atoms with Crippen molar-refractivity contribution in [3.8, 4) is 0 Å². The lowest BCUT2D eigenvalue weighted by Gasteiger charge is -2.10. The van der Waals surface area contributed by atoms with Crippen LogP contribution in [0.4, 0.5) is 0 Å². The SMILES string of the molecule is CCCCCCCCCCCCCCCCCC(C=O)CCCCCCCCCCCCCC. The molecule has 1 unspecified atom stereocenters. The third kappa shape index (κ3) is 27.9. The van der Waals surface area contributed by atoms with E-state index in [0.717, 1.165) is 12.8 Å². The molecule has 1 atom stereocenters. The molecular weight excluding hydrogens is 412 g/mol. The summed E-state index contributed by atoms with van der Waals surface area (Å²) in [5.41, 5.74) is 0. The van der Waals surface area contributed by atoms with Gasteiger partial charge in [0.15, 0.2) is 0 Å². The van der Waals surface area contributed by atoms with Crippen molar-refractivity contribution in [3.05, 3.63) is 0 Å². The molecule has 1 nitrogen and oxygen atoms in total. The quantitative estimate of drug-likeness (QED) is 0.0740. The molecular formula is C33H66O. The molecule has 0 saturated heterocycles. The molecule has 0 fully saturated rings. The summed E-state index contributed by atoms with van der Waals surface area (Å²) in [7, 11) is 0. The number of rotatable bonds is 30. The Hall–Kier alpha value is -0.330. The molecule has 0 aliphatic carbocycles. The van der Waals surface area contributed by atoms with Crippen LogP contribution in [0.3, 0.4) is 0 Å². The van der Waals surface area contributed by atoms with Gasteiger partial charge in [0.25, 0.3) is 0 Å². The smallest absolute Gasteiger partial charge is 0.123 e. The second-order valence-electron chi connectivity index (χ2n) is 11.3. The van der Waals surface area contributed by atoms with Gasteiger partial charge in [0.1, 0.15) is 6.29 Å². The topological polar surface area (TPSA) is 17.1 Å². The van der Waals surface area contributed by atoms with Crippen LogP contribution in [0.25, 0.3) is 0 Å². The van der Waals surface area contributed by atoms with Gasteiger partial charge in [-0.05, 0) is 12.8 Å². The third-order valence-electron chi connectivity index (χ3n) is 7.80. The first-order chi connectivity index (χ1) is 16.8. The van der Waals surface area contributed by atoms with Gasteiger partial charge in [-0.1, -0.05) is 187 Å². The lowest BCUT2D eigenvalue weighted by atomic mass is 9.95. The van der Waals surface area contributed by atoms with E-state index in [9.17, 15) is 4.79 Å². The zero-order valence-electron chi connectivity index (χ0n) is 24.1. The molecule has 0 amide bonds. The van der Waals surface area contributed by atoms with Crippen molar-refractivity contribution in [1.29, 1.82) is 0 Å². The van der Waals surface area contributed by atoms with E-state index in [2.05, 4.69) is 13.8 Å². The van der Waals surface area contributed by atoms with Crippen LogP contribution < -0.4 is 0 Å². The molecule has 34 heavy (non-hydrogen) atoms. The predicted molar refractivity (Wildman–Crippen MR) is 155 cm³/mol. The zero-order valence-corrected chi connectivity index (χ0v) is 24.1. The molecule has 0 radical (unpaired) electrons. The van der Waals surface area contributed by atoms with Crippen LogP contribution in [0, 0.1) is 5.92 Å². The van der Waals surface area contributed by atoms with Crippen LogP contribution in [0.15, 0.2) is 0 Å². The maximum absolute atomic E-state index is 11.4. The normalized spacial score (nSPS) is 12.3. The van der Waals surface area contributed by atoms with E-state index in [1.165, 1.54) is 180 Å². The summed E-state index contributed by atoms with van der Waals surface area (Å²) in [6.07, 6.45) is 41.5. The van der Waals surface area contributed by atoms with Gasteiger partial charge < -0.3 is 4.79 Å². The summed E-state index contributed by atoms with van der Waals surface area (Å²) in [5, 5.41) is 0. The van der Waals surface area contributed by atoms with E-state index >= 15 is 0 Å². The van der Waals surface area contributed by atoms with Crippen LogP contribution in [-0.4, -0.2) is 6.29 Å². The molecule has 0 aromatic carbocycles. The molecule has 0 N–H and O–H groups in total. The van der Waals surface area contributed by atoms with Gasteiger partial charge in [-0.2, -0.15) is 0 Å². The standard InChI is InChI=1S/C33H66O/c1-3-5-7-9-11-13-15-17-18-19-21-23-25-27-29-31-33(32-34)30-28-26-24-22-20-16-14-12-10-8-6-4-2/h32-33H,3-31H2,1-2H3. The molecule has 204 valence electrons. The number of unbranched alkanes of at least 4 members (excludes halogenated alkanes) is 25. The average Bonchev–Trinajstić information content (AvgIpc) is 2.85. The van der Waals surface area contributed by atoms with Crippen molar-refractivity contribution in [2.24, 2.45) is 5.92 Å². The number of hydrogen-bond donors (Lipinski definition) is 0. The van der Waals surface area contributed by atoms with E-state index < -0.39 is 0 Å². The summed E-state index contributed by atoms with van der Waals surface area (Å²) in [6, 6.07) is 0. The van der Waals surface area contributed by atoms with Crippen molar-refractivity contribution >= 4 is 6.29 Å². The molecule has 0 aliphatic heterocycles. The highest BCUT2D eigenvalue weighted by Gasteiger charge is 2.06. The van der Waals surface area contributed by atoms with Gasteiger partial charge in [0.2, 0.25) is 0 Å². The van der Waals surface area contributed by atoms with Crippen molar-refractivity contribution in [1.82, 2.24) is 0 Å². The minimum absolute atomic E-state index is 0.338. The molecule has 0 bridgehead atoms. The molecule has 0 heterocycles. The maximum atomic E-state index is 11.4. The van der Waals surface area contributed by atoms with Crippen LogP contribution >= 0.6 is 0 Å². The fraction of sp³-hybridized carbons (Fsp3) is 0.970. The van der Waals surface area contributed by atoms with E-state index in [1.807, 2.05) is 0 Å². The van der Waals surface area contributed by atoms with E-state index in [4.69, 9.17) is 0 Å². The van der Waals surface area contributed by atoms with Gasteiger partial charge in [-0.15, -0.1) is 0 Å². The largest absolute Gasteiger partial charge is 0.303 e. The second kappa shape index (κ2) is 30.7. The Morgan fingerprint density at radius 3 is 0.765 bits per heavy atom.